The molecule has 1 aliphatic rings. The van der Waals surface area contributed by atoms with Crippen LogP contribution in [0.1, 0.15) is 17.0 Å². The number of anilines is 1. The number of halogens is 1. The van der Waals surface area contributed by atoms with Gasteiger partial charge in [-0.25, -0.2) is 14.8 Å². The lowest BCUT2D eigenvalue weighted by molar-refractivity contribution is 0.178. The maximum Gasteiger partial charge on any atom is 0.415 e. The molecule has 1 saturated heterocycles. The van der Waals surface area contributed by atoms with E-state index < -0.39 is 6.09 Å². The van der Waals surface area contributed by atoms with Gasteiger partial charge in [-0.1, -0.05) is 60.7 Å². The Labute approximate surface area is 156 Å². The van der Waals surface area contributed by atoms with Gasteiger partial charge in [0.25, 0.3) is 0 Å². The molecule has 1 fully saturated rings. The molecule has 130 valence electrons. The third-order valence-electron chi connectivity index (χ3n) is 4.47. The number of hydrogen-bond acceptors (Lipinski definition) is 4. The molecule has 0 spiro atoms. The summed E-state index contributed by atoms with van der Waals surface area (Å²) in [5.41, 5.74) is 2.21. The topological polar surface area (TPSA) is 55.3 Å². The SMILES string of the molecule is O=C1OC[C@H](C(c2ccccc2)c2ccccc2)N1c1ccnc(Cl)n1. The van der Waals surface area contributed by atoms with E-state index in [9.17, 15) is 4.79 Å². The quantitative estimate of drug-likeness (QED) is 0.647. The van der Waals surface area contributed by atoms with Crippen LogP contribution in [0.2, 0.25) is 5.28 Å². The molecule has 2 aromatic carbocycles. The number of nitrogens with zero attached hydrogens (tertiary/aromatic N) is 3. The van der Waals surface area contributed by atoms with E-state index in [2.05, 4.69) is 34.2 Å². The van der Waals surface area contributed by atoms with Crippen molar-refractivity contribution in [1.82, 2.24) is 9.97 Å². The largest absolute Gasteiger partial charge is 0.447 e. The third kappa shape index (κ3) is 3.13. The molecule has 0 N–H and O–H groups in total. The monoisotopic (exact) mass is 365 g/mol. The molecule has 0 aliphatic carbocycles. The van der Waals surface area contributed by atoms with Crippen molar-refractivity contribution >= 4 is 23.5 Å². The zero-order valence-electron chi connectivity index (χ0n) is 13.8. The van der Waals surface area contributed by atoms with E-state index in [1.807, 2.05) is 36.4 Å². The second-order valence-corrected chi connectivity index (χ2v) is 6.34. The van der Waals surface area contributed by atoms with E-state index in [0.29, 0.717) is 5.82 Å². The number of aromatic nitrogens is 2. The lowest BCUT2D eigenvalue weighted by Gasteiger charge is -2.29. The van der Waals surface area contributed by atoms with Gasteiger partial charge in [0.1, 0.15) is 12.4 Å². The molecular formula is C20H16ClN3O2. The van der Waals surface area contributed by atoms with E-state index in [1.54, 1.807) is 11.0 Å². The summed E-state index contributed by atoms with van der Waals surface area (Å²) >= 11 is 5.93. The van der Waals surface area contributed by atoms with Gasteiger partial charge >= 0.3 is 6.09 Å². The highest BCUT2D eigenvalue weighted by Gasteiger charge is 2.41. The molecule has 4 rings (SSSR count). The Kier molecular flexibility index (Phi) is 4.54. The van der Waals surface area contributed by atoms with Crippen LogP contribution in [0.15, 0.2) is 72.9 Å². The standard InChI is InChI=1S/C20H16ClN3O2/c21-19-22-12-11-17(23-19)24-16(13-26-20(24)25)18(14-7-3-1-4-8-14)15-9-5-2-6-10-15/h1-12,16,18H,13H2/t16-/m1/s1. The van der Waals surface area contributed by atoms with Crippen molar-refractivity contribution in [2.24, 2.45) is 0 Å². The molecular weight excluding hydrogens is 350 g/mol. The molecule has 1 aliphatic heterocycles. The van der Waals surface area contributed by atoms with Gasteiger partial charge in [-0.2, -0.15) is 0 Å². The second kappa shape index (κ2) is 7.14. The summed E-state index contributed by atoms with van der Waals surface area (Å²) in [6.45, 7) is 0.273. The van der Waals surface area contributed by atoms with Crippen molar-refractivity contribution in [2.45, 2.75) is 12.0 Å². The van der Waals surface area contributed by atoms with Crippen LogP contribution in [0, 0.1) is 0 Å². The average molecular weight is 366 g/mol. The summed E-state index contributed by atoms with van der Waals surface area (Å²) in [6, 6.07) is 21.6. The molecule has 0 unspecified atom stereocenters. The number of cyclic esters (lactones) is 1. The molecule has 5 nitrogen and oxygen atoms in total. The molecule has 1 atom stereocenters. The van der Waals surface area contributed by atoms with Gasteiger partial charge in [0.2, 0.25) is 5.28 Å². The minimum atomic E-state index is -0.429. The van der Waals surface area contributed by atoms with E-state index in [0.717, 1.165) is 11.1 Å². The molecule has 0 radical (unpaired) electrons. The lowest BCUT2D eigenvalue weighted by Crippen LogP contribution is -2.39. The molecule has 26 heavy (non-hydrogen) atoms. The van der Waals surface area contributed by atoms with Gasteiger partial charge < -0.3 is 4.74 Å². The van der Waals surface area contributed by atoms with Crippen LogP contribution in [-0.4, -0.2) is 28.7 Å². The first-order chi connectivity index (χ1) is 12.7. The zero-order chi connectivity index (χ0) is 17.9. The highest BCUT2D eigenvalue weighted by molar-refractivity contribution is 6.28. The minimum Gasteiger partial charge on any atom is -0.447 e. The fourth-order valence-electron chi connectivity index (χ4n) is 3.36. The summed E-state index contributed by atoms with van der Waals surface area (Å²) < 4.78 is 5.38. The van der Waals surface area contributed by atoms with Gasteiger partial charge in [0, 0.05) is 12.1 Å². The molecule has 6 heteroatoms. The fourth-order valence-corrected chi connectivity index (χ4v) is 3.51. The van der Waals surface area contributed by atoms with E-state index in [4.69, 9.17) is 16.3 Å². The lowest BCUT2D eigenvalue weighted by atomic mass is 9.85. The van der Waals surface area contributed by atoms with Crippen molar-refractivity contribution in [3.8, 4) is 0 Å². The van der Waals surface area contributed by atoms with Gasteiger partial charge in [0.05, 0.1) is 6.04 Å². The predicted molar refractivity (Wildman–Crippen MR) is 99.4 cm³/mol. The fraction of sp³-hybridized carbons (Fsp3) is 0.150. The average Bonchev–Trinajstić information content (AvgIpc) is 3.05. The first-order valence-corrected chi connectivity index (χ1v) is 8.66. The number of carbonyl (C=O) groups is 1. The Morgan fingerprint density at radius 1 is 1.00 bits per heavy atom. The highest BCUT2D eigenvalue weighted by Crippen LogP contribution is 2.36. The Bertz CT molecular complexity index is 866. The van der Waals surface area contributed by atoms with Crippen LogP contribution in [0.5, 0.6) is 0 Å². The number of carbonyl (C=O) groups excluding carboxylic acids is 1. The predicted octanol–water partition coefficient (Wildman–Crippen LogP) is 4.29. The molecule has 3 aromatic rings. The number of rotatable bonds is 4. The van der Waals surface area contributed by atoms with Crippen molar-refractivity contribution in [2.75, 3.05) is 11.5 Å². The van der Waals surface area contributed by atoms with E-state index >= 15 is 0 Å². The number of hydrogen-bond donors (Lipinski definition) is 0. The second-order valence-electron chi connectivity index (χ2n) is 6.00. The highest BCUT2D eigenvalue weighted by atomic mass is 35.5. The van der Waals surface area contributed by atoms with Crippen molar-refractivity contribution in [3.63, 3.8) is 0 Å². The first kappa shape index (κ1) is 16.5. The zero-order valence-corrected chi connectivity index (χ0v) is 14.6. The van der Waals surface area contributed by atoms with E-state index in [1.165, 1.54) is 6.20 Å². The summed E-state index contributed by atoms with van der Waals surface area (Å²) in [7, 11) is 0. The Morgan fingerprint density at radius 3 is 2.19 bits per heavy atom. The molecule has 0 bridgehead atoms. The van der Waals surface area contributed by atoms with Gasteiger partial charge in [0.15, 0.2) is 0 Å². The Hall–Kier alpha value is -2.92. The Morgan fingerprint density at radius 2 is 1.62 bits per heavy atom. The van der Waals surface area contributed by atoms with E-state index in [-0.39, 0.29) is 23.9 Å². The smallest absolute Gasteiger partial charge is 0.415 e. The van der Waals surface area contributed by atoms with Gasteiger partial charge in [-0.3, -0.25) is 4.90 Å². The molecule has 1 aromatic heterocycles. The van der Waals surface area contributed by atoms with Crippen LogP contribution < -0.4 is 4.90 Å². The summed E-state index contributed by atoms with van der Waals surface area (Å²) in [4.78, 5) is 22.1. The van der Waals surface area contributed by atoms with Crippen LogP contribution >= 0.6 is 11.6 Å². The summed E-state index contributed by atoms with van der Waals surface area (Å²) in [6.07, 6.45) is 1.11. The van der Waals surface area contributed by atoms with Crippen LogP contribution in [-0.2, 0) is 4.74 Å². The van der Waals surface area contributed by atoms with Gasteiger partial charge in [-0.05, 0) is 28.8 Å². The molecule has 1 amide bonds. The number of ether oxygens (including phenoxy) is 1. The third-order valence-corrected chi connectivity index (χ3v) is 4.65. The van der Waals surface area contributed by atoms with Gasteiger partial charge in [-0.15, -0.1) is 0 Å². The number of benzene rings is 2. The van der Waals surface area contributed by atoms with Crippen LogP contribution in [0.3, 0.4) is 0 Å². The normalized spacial score (nSPS) is 16.8. The molecule has 2 heterocycles. The maximum absolute atomic E-state index is 12.5. The van der Waals surface area contributed by atoms with Crippen molar-refractivity contribution in [3.05, 3.63) is 89.3 Å². The minimum absolute atomic E-state index is 0.0578. The maximum atomic E-state index is 12.5. The summed E-state index contributed by atoms with van der Waals surface area (Å²) in [5, 5.41) is 0.0944. The number of amides is 1. The first-order valence-electron chi connectivity index (χ1n) is 8.28. The van der Waals surface area contributed by atoms with Crippen LogP contribution in [0.25, 0.3) is 0 Å². The molecule has 0 saturated carbocycles. The van der Waals surface area contributed by atoms with Crippen molar-refractivity contribution < 1.29 is 9.53 Å². The van der Waals surface area contributed by atoms with Crippen LogP contribution in [0.4, 0.5) is 10.6 Å². The van der Waals surface area contributed by atoms with Crippen molar-refractivity contribution in [1.29, 1.82) is 0 Å². The Balaban J connectivity index is 1.81. The summed E-state index contributed by atoms with van der Waals surface area (Å²) in [5.74, 6) is 0.381.